The van der Waals surface area contributed by atoms with Gasteiger partial charge in [0.05, 0.1) is 25.6 Å². The Morgan fingerprint density at radius 3 is 2.35 bits per heavy atom. The summed E-state index contributed by atoms with van der Waals surface area (Å²) in [6.45, 7) is 0.539. The van der Waals surface area contributed by atoms with Crippen molar-refractivity contribution in [2.24, 2.45) is 0 Å². The van der Waals surface area contributed by atoms with Crippen LogP contribution in [0.4, 0.5) is 0 Å². The topological polar surface area (TPSA) is 119 Å². The zero-order chi connectivity index (χ0) is 15.4. The fraction of sp³-hybridized carbons (Fsp3) is 1.00. The van der Waals surface area contributed by atoms with Crippen LogP contribution >= 0.6 is 0 Å². The van der Waals surface area contributed by atoms with Gasteiger partial charge in [-0.3, -0.25) is 4.55 Å². The second-order valence-corrected chi connectivity index (χ2v) is 8.27. The van der Waals surface area contributed by atoms with Crippen molar-refractivity contribution >= 4 is 20.1 Å². The summed E-state index contributed by atoms with van der Waals surface area (Å²) in [6.07, 6.45) is 1.15. The predicted octanol–water partition coefficient (Wildman–Crippen LogP) is -0.624. The van der Waals surface area contributed by atoms with Crippen molar-refractivity contribution in [1.82, 2.24) is 4.72 Å². The minimum Gasteiger partial charge on any atom is -0.382 e. The molecule has 0 aromatic rings. The Kier molecular flexibility index (Phi) is 6.35. The van der Waals surface area contributed by atoms with Gasteiger partial charge in [-0.15, -0.1) is 0 Å². The van der Waals surface area contributed by atoms with Crippen LogP contribution in [-0.2, 0) is 29.6 Å². The Morgan fingerprint density at radius 2 is 1.85 bits per heavy atom. The van der Waals surface area contributed by atoms with E-state index in [9.17, 15) is 21.4 Å². The highest BCUT2D eigenvalue weighted by Gasteiger charge is 2.39. The van der Waals surface area contributed by atoms with Crippen molar-refractivity contribution in [3.05, 3.63) is 0 Å². The van der Waals surface area contributed by atoms with E-state index in [1.54, 1.807) is 0 Å². The van der Waals surface area contributed by atoms with E-state index in [1.807, 2.05) is 0 Å². The van der Waals surface area contributed by atoms with E-state index in [4.69, 9.17) is 9.47 Å². The molecule has 0 amide bonds. The molecule has 2 N–H and O–H groups in total. The SMILES string of the molecule is COCCOC1CCC(NS(C)(=O)=O)CC1S(=O)(=O)O. The monoisotopic (exact) mass is 331 g/mol. The van der Waals surface area contributed by atoms with E-state index in [2.05, 4.69) is 4.72 Å². The van der Waals surface area contributed by atoms with E-state index in [0.29, 0.717) is 19.4 Å². The molecule has 3 unspecified atom stereocenters. The molecule has 0 saturated heterocycles. The van der Waals surface area contributed by atoms with Gasteiger partial charge in [0, 0.05) is 13.2 Å². The van der Waals surface area contributed by atoms with Gasteiger partial charge >= 0.3 is 0 Å². The largest absolute Gasteiger partial charge is 0.382 e. The van der Waals surface area contributed by atoms with Gasteiger partial charge in [-0.1, -0.05) is 0 Å². The van der Waals surface area contributed by atoms with Gasteiger partial charge in [0.2, 0.25) is 10.0 Å². The van der Waals surface area contributed by atoms with Gasteiger partial charge in [-0.05, 0) is 19.3 Å². The number of methoxy groups -OCH3 is 1. The molecule has 1 aliphatic carbocycles. The lowest BCUT2D eigenvalue weighted by Crippen LogP contribution is -2.48. The van der Waals surface area contributed by atoms with E-state index >= 15 is 0 Å². The summed E-state index contributed by atoms with van der Waals surface area (Å²) in [4.78, 5) is 0. The standard InChI is InChI=1S/C10H21NO7S2/c1-17-5-6-18-9-4-3-8(11-19(2,12)13)7-10(9)20(14,15)16/h8-11H,3-7H2,1-2H3,(H,14,15,16). The molecule has 3 atom stereocenters. The van der Waals surface area contributed by atoms with E-state index in [-0.39, 0.29) is 13.0 Å². The second-order valence-electron chi connectivity index (χ2n) is 4.86. The molecule has 0 aromatic carbocycles. The molecule has 20 heavy (non-hydrogen) atoms. The maximum Gasteiger partial charge on any atom is 0.270 e. The smallest absolute Gasteiger partial charge is 0.270 e. The van der Waals surface area contributed by atoms with Crippen LogP contribution in [0.15, 0.2) is 0 Å². The van der Waals surface area contributed by atoms with Crippen molar-refractivity contribution in [1.29, 1.82) is 0 Å². The summed E-state index contributed by atoms with van der Waals surface area (Å²) >= 11 is 0. The van der Waals surface area contributed by atoms with Crippen LogP contribution < -0.4 is 4.72 Å². The lowest BCUT2D eigenvalue weighted by Gasteiger charge is -2.34. The molecule has 0 bridgehead atoms. The van der Waals surface area contributed by atoms with Crippen LogP contribution in [0.5, 0.6) is 0 Å². The molecule has 0 aromatic heterocycles. The number of sulfonamides is 1. The summed E-state index contributed by atoms with van der Waals surface area (Å²) in [5.41, 5.74) is 0. The number of nitrogens with one attached hydrogen (secondary N) is 1. The molecule has 1 saturated carbocycles. The molecule has 0 radical (unpaired) electrons. The Morgan fingerprint density at radius 1 is 1.20 bits per heavy atom. The highest BCUT2D eigenvalue weighted by molar-refractivity contribution is 7.88. The number of hydrogen-bond acceptors (Lipinski definition) is 6. The van der Waals surface area contributed by atoms with Crippen LogP contribution in [0, 0.1) is 0 Å². The first-order valence-electron chi connectivity index (χ1n) is 6.17. The van der Waals surface area contributed by atoms with Gasteiger partial charge < -0.3 is 9.47 Å². The summed E-state index contributed by atoms with van der Waals surface area (Å²) < 4.78 is 67.0. The number of hydrogen-bond donors (Lipinski definition) is 2. The summed E-state index contributed by atoms with van der Waals surface area (Å²) in [7, 11) is -6.22. The number of ether oxygens (including phenoxy) is 2. The Labute approximate surface area is 119 Å². The van der Waals surface area contributed by atoms with Crippen molar-refractivity contribution < 1.29 is 30.9 Å². The third-order valence-corrected chi connectivity index (χ3v) is 5.14. The summed E-state index contributed by atoms with van der Waals surface area (Å²) in [5.74, 6) is 0. The Balaban J connectivity index is 2.72. The molecular weight excluding hydrogens is 310 g/mol. The first-order valence-corrected chi connectivity index (χ1v) is 9.57. The van der Waals surface area contributed by atoms with E-state index in [0.717, 1.165) is 6.26 Å². The molecule has 120 valence electrons. The van der Waals surface area contributed by atoms with Gasteiger partial charge in [-0.2, -0.15) is 8.42 Å². The van der Waals surface area contributed by atoms with E-state index in [1.165, 1.54) is 7.11 Å². The summed E-state index contributed by atoms with van der Waals surface area (Å²) in [6, 6.07) is -0.515. The molecule has 0 spiro atoms. The second kappa shape index (κ2) is 7.14. The van der Waals surface area contributed by atoms with Crippen molar-refractivity contribution in [2.45, 2.75) is 36.7 Å². The average Bonchev–Trinajstić information content (AvgIpc) is 2.27. The minimum absolute atomic E-state index is 0.0104. The van der Waals surface area contributed by atoms with Crippen LogP contribution in [0.1, 0.15) is 19.3 Å². The Hall–Kier alpha value is -0.260. The molecule has 10 heteroatoms. The van der Waals surface area contributed by atoms with Crippen molar-refractivity contribution in [2.75, 3.05) is 26.6 Å². The van der Waals surface area contributed by atoms with Crippen molar-refractivity contribution in [3.8, 4) is 0 Å². The van der Waals surface area contributed by atoms with E-state index < -0.39 is 37.5 Å². The quantitative estimate of drug-likeness (QED) is 0.471. The van der Waals surface area contributed by atoms with Crippen molar-refractivity contribution in [3.63, 3.8) is 0 Å². The number of rotatable bonds is 7. The molecule has 1 aliphatic rings. The molecule has 8 nitrogen and oxygen atoms in total. The highest BCUT2D eigenvalue weighted by atomic mass is 32.2. The maximum atomic E-state index is 11.4. The fourth-order valence-corrected chi connectivity index (χ4v) is 4.19. The lowest BCUT2D eigenvalue weighted by atomic mass is 9.93. The molecule has 1 fully saturated rings. The first-order chi connectivity index (χ1) is 9.13. The highest BCUT2D eigenvalue weighted by Crippen LogP contribution is 2.27. The average molecular weight is 331 g/mol. The van der Waals surface area contributed by atoms with Gasteiger partial charge in [-0.25, -0.2) is 13.1 Å². The predicted molar refractivity (Wildman–Crippen MR) is 72.6 cm³/mol. The Bertz CT molecular complexity index is 502. The van der Waals surface area contributed by atoms with Gasteiger partial charge in [0.25, 0.3) is 10.1 Å². The molecular formula is C10H21NO7S2. The van der Waals surface area contributed by atoms with Crippen LogP contribution in [-0.4, -0.2) is 65.4 Å². The zero-order valence-electron chi connectivity index (χ0n) is 11.5. The van der Waals surface area contributed by atoms with Gasteiger partial charge in [0.1, 0.15) is 5.25 Å². The third kappa shape index (κ3) is 6.02. The van der Waals surface area contributed by atoms with Gasteiger partial charge in [0.15, 0.2) is 0 Å². The minimum atomic E-state index is -4.30. The van der Waals surface area contributed by atoms with Crippen LogP contribution in [0.25, 0.3) is 0 Å². The fourth-order valence-electron chi connectivity index (χ4n) is 2.30. The van der Waals surface area contributed by atoms with Crippen LogP contribution in [0.2, 0.25) is 0 Å². The lowest BCUT2D eigenvalue weighted by molar-refractivity contribution is -0.00213. The first kappa shape index (κ1) is 17.8. The summed E-state index contributed by atoms with van der Waals surface area (Å²) in [5, 5.41) is -1.13. The maximum absolute atomic E-state index is 11.4. The third-order valence-electron chi connectivity index (χ3n) is 3.11. The van der Waals surface area contributed by atoms with Crippen LogP contribution in [0.3, 0.4) is 0 Å². The molecule has 0 heterocycles. The normalized spacial score (nSPS) is 28.4. The zero-order valence-corrected chi connectivity index (χ0v) is 13.1. The molecule has 0 aliphatic heterocycles. The molecule has 1 rings (SSSR count).